The lowest BCUT2D eigenvalue weighted by Gasteiger charge is -2.50. The molecule has 1 unspecified atom stereocenters. The fraction of sp³-hybridized carbons (Fsp3) is 0.600. The Bertz CT molecular complexity index is 937. The number of carbonyl (C=O) groups excluding carboxylic acids is 1. The lowest BCUT2D eigenvalue weighted by atomic mass is 9.54. The van der Waals surface area contributed by atoms with Crippen LogP contribution in [0.1, 0.15) is 43.5 Å². The standard InChI is InChI=1S/C20H24ClN5O3S/c1-28-18(27)20-5-2-19(3-6-20,4-7-20)17-26-25-16(30-17)12-9-22-14(21)8-13(12)24-15-10-29-11-23-15/h8-9,15,23H,2-7,10-11H2,1H3,(H,22,24). The summed E-state index contributed by atoms with van der Waals surface area (Å²) in [6.07, 6.45) is 7.17. The first-order valence-corrected chi connectivity index (χ1v) is 11.4. The zero-order chi connectivity index (χ0) is 20.8. The minimum atomic E-state index is -0.294. The van der Waals surface area contributed by atoms with Crippen molar-refractivity contribution in [2.24, 2.45) is 5.41 Å². The van der Waals surface area contributed by atoms with Gasteiger partial charge in [0.2, 0.25) is 0 Å². The summed E-state index contributed by atoms with van der Waals surface area (Å²) in [6, 6.07) is 1.81. The van der Waals surface area contributed by atoms with Crippen LogP contribution >= 0.6 is 22.9 Å². The Hall–Kier alpha value is -1.81. The minimum Gasteiger partial charge on any atom is -0.469 e. The molecule has 2 N–H and O–H groups in total. The predicted octanol–water partition coefficient (Wildman–Crippen LogP) is 3.33. The molecule has 160 valence electrons. The summed E-state index contributed by atoms with van der Waals surface area (Å²) >= 11 is 7.76. The number of ether oxygens (including phenoxy) is 2. The van der Waals surface area contributed by atoms with Gasteiger partial charge in [0.05, 0.1) is 37.1 Å². The van der Waals surface area contributed by atoms with Gasteiger partial charge in [0.15, 0.2) is 5.01 Å². The number of methoxy groups -OCH3 is 1. The summed E-state index contributed by atoms with van der Waals surface area (Å²) in [5.41, 5.74) is 1.45. The van der Waals surface area contributed by atoms with Crippen molar-refractivity contribution in [1.29, 1.82) is 0 Å². The quantitative estimate of drug-likeness (QED) is 0.529. The van der Waals surface area contributed by atoms with Gasteiger partial charge in [0, 0.05) is 11.6 Å². The van der Waals surface area contributed by atoms with Crippen molar-refractivity contribution in [1.82, 2.24) is 20.5 Å². The zero-order valence-corrected chi connectivity index (χ0v) is 18.3. The molecule has 3 saturated carbocycles. The maximum absolute atomic E-state index is 12.3. The number of carbonyl (C=O) groups is 1. The van der Waals surface area contributed by atoms with Crippen molar-refractivity contribution in [3.05, 3.63) is 22.4 Å². The number of halogens is 1. The molecule has 0 amide bonds. The molecule has 2 aromatic rings. The highest BCUT2D eigenvalue weighted by atomic mass is 35.5. The number of hydrogen-bond donors (Lipinski definition) is 2. The molecule has 0 spiro atoms. The van der Waals surface area contributed by atoms with E-state index in [1.807, 2.05) is 6.07 Å². The molecule has 30 heavy (non-hydrogen) atoms. The van der Waals surface area contributed by atoms with E-state index in [0.29, 0.717) is 18.5 Å². The van der Waals surface area contributed by atoms with Crippen molar-refractivity contribution in [3.63, 3.8) is 0 Å². The zero-order valence-electron chi connectivity index (χ0n) is 16.7. The molecule has 1 aliphatic heterocycles. The number of fused-ring (bicyclic) bond motifs is 3. The van der Waals surface area contributed by atoms with Gasteiger partial charge >= 0.3 is 5.97 Å². The second-order valence-corrected chi connectivity index (χ2v) is 9.80. The molecule has 10 heteroatoms. The van der Waals surface area contributed by atoms with Crippen LogP contribution in [0.5, 0.6) is 0 Å². The van der Waals surface area contributed by atoms with Crippen LogP contribution < -0.4 is 10.6 Å². The average molecular weight is 450 g/mol. The number of esters is 1. The highest BCUT2D eigenvalue weighted by Gasteiger charge is 2.55. The van der Waals surface area contributed by atoms with Gasteiger partial charge in [0.25, 0.3) is 0 Å². The Morgan fingerprint density at radius 3 is 2.73 bits per heavy atom. The molecule has 6 rings (SSSR count). The van der Waals surface area contributed by atoms with Crippen LogP contribution in [0.3, 0.4) is 0 Å². The molecule has 2 aromatic heterocycles. The predicted molar refractivity (Wildman–Crippen MR) is 113 cm³/mol. The fourth-order valence-corrected chi connectivity index (χ4v) is 6.27. The van der Waals surface area contributed by atoms with E-state index in [9.17, 15) is 4.79 Å². The summed E-state index contributed by atoms with van der Waals surface area (Å²) < 4.78 is 10.5. The SMILES string of the molecule is COC(=O)C12CCC(c3nnc(-c4cnc(Cl)cc4NC4COCN4)s3)(CC1)CC2. The molecule has 3 heterocycles. The largest absolute Gasteiger partial charge is 0.469 e. The summed E-state index contributed by atoms with van der Waals surface area (Å²) in [5, 5.41) is 18.0. The van der Waals surface area contributed by atoms with Gasteiger partial charge < -0.3 is 14.8 Å². The van der Waals surface area contributed by atoms with Crippen molar-refractivity contribution in [3.8, 4) is 10.6 Å². The minimum absolute atomic E-state index is 0.0105. The first kappa shape index (κ1) is 20.1. The van der Waals surface area contributed by atoms with Crippen molar-refractivity contribution < 1.29 is 14.3 Å². The highest BCUT2D eigenvalue weighted by Crippen LogP contribution is 2.58. The fourth-order valence-electron chi connectivity index (χ4n) is 4.97. The Kier molecular flexibility index (Phi) is 5.17. The molecule has 8 nitrogen and oxygen atoms in total. The summed E-state index contributed by atoms with van der Waals surface area (Å²) in [6.45, 7) is 1.09. The lowest BCUT2D eigenvalue weighted by molar-refractivity contribution is -0.160. The summed E-state index contributed by atoms with van der Waals surface area (Å²) in [4.78, 5) is 16.6. The second kappa shape index (κ2) is 7.71. The molecule has 1 saturated heterocycles. The molecule has 1 atom stereocenters. The van der Waals surface area contributed by atoms with Crippen molar-refractivity contribution in [2.75, 3.05) is 25.8 Å². The monoisotopic (exact) mass is 449 g/mol. The molecular weight excluding hydrogens is 426 g/mol. The number of aromatic nitrogens is 3. The van der Waals surface area contributed by atoms with Crippen LogP contribution in [0.2, 0.25) is 5.15 Å². The molecule has 3 aliphatic carbocycles. The third-order valence-electron chi connectivity index (χ3n) is 6.89. The normalized spacial score (nSPS) is 30.4. The van der Waals surface area contributed by atoms with E-state index in [4.69, 9.17) is 21.1 Å². The van der Waals surface area contributed by atoms with Crippen LogP contribution in [-0.4, -0.2) is 47.8 Å². The van der Waals surface area contributed by atoms with Crippen LogP contribution in [0.25, 0.3) is 10.6 Å². The number of hydrogen-bond acceptors (Lipinski definition) is 9. The van der Waals surface area contributed by atoms with E-state index in [2.05, 4.69) is 25.8 Å². The van der Waals surface area contributed by atoms with Crippen LogP contribution in [0, 0.1) is 5.41 Å². The van der Waals surface area contributed by atoms with E-state index in [-0.39, 0.29) is 23.0 Å². The molecule has 0 aromatic carbocycles. The van der Waals surface area contributed by atoms with E-state index in [1.54, 1.807) is 17.5 Å². The van der Waals surface area contributed by atoms with Gasteiger partial charge in [-0.1, -0.05) is 22.9 Å². The number of anilines is 1. The maximum atomic E-state index is 12.3. The third kappa shape index (κ3) is 3.37. The van der Waals surface area contributed by atoms with Gasteiger partial charge in [-0.3, -0.25) is 10.1 Å². The van der Waals surface area contributed by atoms with Crippen LogP contribution in [0.4, 0.5) is 5.69 Å². The number of nitrogens with zero attached hydrogens (tertiary/aromatic N) is 3. The van der Waals surface area contributed by atoms with E-state index in [0.717, 1.165) is 59.8 Å². The van der Waals surface area contributed by atoms with E-state index < -0.39 is 0 Å². The topological polar surface area (TPSA) is 98.3 Å². The van der Waals surface area contributed by atoms with Crippen LogP contribution in [-0.2, 0) is 19.7 Å². The van der Waals surface area contributed by atoms with Gasteiger partial charge in [-0.25, -0.2) is 4.98 Å². The Labute approximate surface area is 183 Å². The van der Waals surface area contributed by atoms with E-state index in [1.165, 1.54) is 7.11 Å². The molecule has 0 radical (unpaired) electrons. The average Bonchev–Trinajstić information content (AvgIpc) is 3.47. The lowest BCUT2D eigenvalue weighted by Crippen LogP contribution is -2.48. The van der Waals surface area contributed by atoms with Crippen LogP contribution in [0.15, 0.2) is 12.3 Å². The number of rotatable bonds is 5. The van der Waals surface area contributed by atoms with Crippen molar-refractivity contribution >= 4 is 34.6 Å². The van der Waals surface area contributed by atoms with Gasteiger partial charge in [-0.15, -0.1) is 10.2 Å². The van der Waals surface area contributed by atoms with Crippen molar-refractivity contribution in [2.45, 2.75) is 50.1 Å². The first-order chi connectivity index (χ1) is 14.5. The molecule has 4 aliphatic rings. The third-order valence-corrected chi connectivity index (χ3v) is 8.30. The molecule has 2 bridgehead atoms. The molecular formula is C20H24ClN5O3S. The first-order valence-electron chi connectivity index (χ1n) is 10.2. The smallest absolute Gasteiger partial charge is 0.311 e. The number of pyridine rings is 1. The Balaban J connectivity index is 1.40. The maximum Gasteiger partial charge on any atom is 0.311 e. The number of nitrogens with one attached hydrogen (secondary N) is 2. The summed E-state index contributed by atoms with van der Waals surface area (Å²) in [7, 11) is 1.49. The molecule has 4 fully saturated rings. The second-order valence-electron chi connectivity index (χ2n) is 8.43. The summed E-state index contributed by atoms with van der Waals surface area (Å²) in [5.74, 6) is -0.0544. The van der Waals surface area contributed by atoms with Gasteiger partial charge in [-0.05, 0) is 44.6 Å². The van der Waals surface area contributed by atoms with Gasteiger partial charge in [0.1, 0.15) is 16.3 Å². The van der Waals surface area contributed by atoms with Gasteiger partial charge in [-0.2, -0.15) is 0 Å². The Morgan fingerprint density at radius 2 is 2.07 bits per heavy atom. The Morgan fingerprint density at radius 1 is 1.30 bits per heavy atom. The van der Waals surface area contributed by atoms with E-state index >= 15 is 0 Å². The highest BCUT2D eigenvalue weighted by molar-refractivity contribution is 7.14.